The van der Waals surface area contributed by atoms with Crippen LogP contribution >= 0.6 is 24.8 Å². The summed E-state index contributed by atoms with van der Waals surface area (Å²) in [6.45, 7) is 5.08. The second-order valence-electron chi connectivity index (χ2n) is 2.83. The molecular weight excluding hydrogens is 209 g/mol. The Bertz CT molecular complexity index is 223. The largest absolute Gasteiger partial charge is 0.324 e. The Morgan fingerprint density at radius 3 is 2.54 bits per heavy atom. The zero-order chi connectivity index (χ0) is 8.27. The van der Waals surface area contributed by atoms with Crippen molar-refractivity contribution < 1.29 is 0 Å². The third-order valence-corrected chi connectivity index (χ3v) is 1.63. The highest BCUT2D eigenvalue weighted by Gasteiger charge is 2.01. The van der Waals surface area contributed by atoms with Crippen LogP contribution in [0.3, 0.4) is 0 Å². The lowest BCUT2D eigenvalue weighted by Gasteiger charge is -1.98. The van der Waals surface area contributed by atoms with Gasteiger partial charge >= 0.3 is 0 Å². The van der Waals surface area contributed by atoms with Crippen LogP contribution in [0.2, 0.25) is 0 Å². The van der Waals surface area contributed by atoms with Crippen LogP contribution in [-0.2, 0) is 6.54 Å². The third-order valence-electron chi connectivity index (χ3n) is 1.63. The lowest BCUT2D eigenvalue weighted by atomic mass is 10.2. The van der Waals surface area contributed by atoms with Gasteiger partial charge < -0.3 is 5.73 Å². The first kappa shape index (κ1) is 15.2. The van der Waals surface area contributed by atoms with Gasteiger partial charge in [0.2, 0.25) is 0 Å². The molecule has 0 saturated heterocycles. The molecule has 1 rings (SSSR count). The molecule has 0 spiro atoms. The first-order valence-corrected chi connectivity index (χ1v) is 4.02. The van der Waals surface area contributed by atoms with Gasteiger partial charge in [-0.2, -0.15) is 5.10 Å². The van der Waals surface area contributed by atoms with Crippen LogP contribution in [0.25, 0.3) is 0 Å². The van der Waals surface area contributed by atoms with Crippen molar-refractivity contribution in [1.82, 2.24) is 9.78 Å². The summed E-state index contributed by atoms with van der Waals surface area (Å²) in [5.74, 6) is 0. The summed E-state index contributed by atoms with van der Waals surface area (Å²) in [5, 5.41) is 4.16. The van der Waals surface area contributed by atoms with Gasteiger partial charge in [-0.3, -0.25) is 4.68 Å². The van der Waals surface area contributed by atoms with Crippen molar-refractivity contribution in [2.45, 2.75) is 32.9 Å². The fourth-order valence-corrected chi connectivity index (χ4v) is 0.966. The van der Waals surface area contributed by atoms with Crippen LogP contribution < -0.4 is 5.73 Å². The van der Waals surface area contributed by atoms with Gasteiger partial charge in [-0.1, -0.05) is 6.92 Å². The van der Waals surface area contributed by atoms with E-state index in [9.17, 15) is 0 Å². The number of nitrogens with two attached hydrogens (primary N) is 1. The number of aromatic nitrogens is 2. The molecule has 1 aromatic heterocycles. The molecule has 0 aliphatic rings. The van der Waals surface area contributed by atoms with E-state index in [4.69, 9.17) is 5.73 Å². The summed E-state index contributed by atoms with van der Waals surface area (Å²) in [6.07, 6.45) is 4.95. The quantitative estimate of drug-likeness (QED) is 0.858. The van der Waals surface area contributed by atoms with Crippen LogP contribution in [0.15, 0.2) is 12.4 Å². The Balaban J connectivity index is 0. The third kappa shape index (κ3) is 4.50. The Morgan fingerprint density at radius 1 is 1.54 bits per heavy atom. The highest BCUT2D eigenvalue weighted by Crippen LogP contribution is 2.06. The van der Waals surface area contributed by atoms with Crippen LogP contribution in [0, 0.1) is 0 Å². The van der Waals surface area contributed by atoms with Crippen LogP contribution in [0.4, 0.5) is 0 Å². The number of hydrogen-bond acceptors (Lipinski definition) is 2. The molecule has 0 fully saturated rings. The standard InChI is InChI=1S/C8H15N3.2ClH/c1-3-4-11-6-8(5-10-11)7(2)9;;/h5-7H,3-4,9H2,1-2H3;2*1H. The maximum absolute atomic E-state index is 5.67. The summed E-state index contributed by atoms with van der Waals surface area (Å²) >= 11 is 0. The number of nitrogens with zero attached hydrogens (tertiary/aromatic N) is 2. The van der Waals surface area contributed by atoms with Gasteiger partial charge in [0.1, 0.15) is 0 Å². The second kappa shape index (κ2) is 7.18. The lowest BCUT2D eigenvalue weighted by Crippen LogP contribution is -2.03. The molecule has 1 unspecified atom stereocenters. The monoisotopic (exact) mass is 225 g/mol. The van der Waals surface area contributed by atoms with E-state index in [0.717, 1.165) is 18.5 Å². The summed E-state index contributed by atoms with van der Waals surface area (Å²) in [7, 11) is 0. The van der Waals surface area contributed by atoms with Gasteiger partial charge in [-0.05, 0) is 13.3 Å². The van der Waals surface area contributed by atoms with Crippen molar-refractivity contribution in [3.63, 3.8) is 0 Å². The van der Waals surface area contributed by atoms with E-state index >= 15 is 0 Å². The minimum Gasteiger partial charge on any atom is -0.324 e. The summed E-state index contributed by atoms with van der Waals surface area (Å²) in [6, 6.07) is 0.0978. The molecule has 0 aliphatic carbocycles. The van der Waals surface area contributed by atoms with Crippen molar-refractivity contribution in [1.29, 1.82) is 0 Å². The van der Waals surface area contributed by atoms with Crippen LogP contribution in [0.5, 0.6) is 0 Å². The normalized spacial score (nSPS) is 11.3. The van der Waals surface area contributed by atoms with Crippen molar-refractivity contribution in [2.75, 3.05) is 0 Å². The van der Waals surface area contributed by atoms with Crippen molar-refractivity contribution in [2.24, 2.45) is 5.73 Å². The van der Waals surface area contributed by atoms with Gasteiger partial charge in [0, 0.05) is 24.3 Å². The molecule has 0 radical (unpaired) electrons. The predicted octanol–water partition coefficient (Wildman–Crippen LogP) is 2.16. The molecule has 1 atom stereocenters. The van der Waals surface area contributed by atoms with Crippen molar-refractivity contribution in [3.05, 3.63) is 18.0 Å². The van der Waals surface area contributed by atoms with Gasteiger partial charge in [-0.25, -0.2) is 0 Å². The first-order valence-electron chi connectivity index (χ1n) is 4.02. The Labute approximate surface area is 91.5 Å². The van der Waals surface area contributed by atoms with E-state index in [2.05, 4.69) is 12.0 Å². The fraction of sp³-hybridized carbons (Fsp3) is 0.625. The molecular formula is C8H17Cl2N3. The number of rotatable bonds is 3. The molecule has 0 bridgehead atoms. The van der Waals surface area contributed by atoms with E-state index in [1.165, 1.54) is 0 Å². The average Bonchev–Trinajstić information content (AvgIpc) is 2.37. The molecule has 0 aromatic carbocycles. The van der Waals surface area contributed by atoms with E-state index < -0.39 is 0 Å². The summed E-state index contributed by atoms with van der Waals surface area (Å²) in [5.41, 5.74) is 6.78. The number of hydrogen-bond donors (Lipinski definition) is 1. The van der Waals surface area contributed by atoms with Crippen molar-refractivity contribution in [3.8, 4) is 0 Å². The van der Waals surface area contributed by atoms with Crippen LogP contribution in [0.1, 0.15) is 31.9 Å². The molecule has 0 saturated carbocycles. The molecule has 78 valence electrons. The van der Waals surface area contributed by atoms with E-state index in [1.54, 1.807) is 0 Å². The molecule has 1 heterocycles. The number of aryl methyl sites for hydroxylation is 1. The first-order chi connectivity index (χ1) is 5.24. The van der Waals surface area contributed by atoms with Gasteiger partial charge in [0.15, 0.2) is 0 Å². The molecule has 2 N–H and O–H groups in total. The second-order valence-corrected chi connectivity index (χ2v) is 2.83. The molecule has 3 nitrogen and oxygen atoms in total. The smallest absolute Gasteiger partial charge is 0.0537 e. The number of halogens is 2. The minimum atomic E-state index is 0. The summed E-state index contributed by atoms with van der Waals surface area (Å²) in [4.78, 5) is 0. The lowest BCUT2D eigenvalue weighted by molar-refractivity contribution is 0.601. The average molecular weight is 226 g/mol. The van der Waals surface area contributed by atoms with Gasteiger partial charge in [-0.15, -0.1) is 24.8 Å². The topological polar surface area (TPSA) is 43.8 Å². The van der Waals surface area contributed by atoms with Gasteiger partial charge in [0.05, 0.1) is 6.20 Å². The maximum atomic E-state index is 5.67. The maximum Gasteiger partial charge on any atom is 0.0537 e. The molecule has 0 aliphatic heterocycles. The molecule has 1 aromatic rings. The van der Waals surface area contributed by atoms with E-state index in [-0.39, 0.29) is 30.9 Å². The Kier molecular flexibility index (Phi) is 8.42. The Morgan fingerprint density at radius 2 is 2.15 bits per heavy atom. The summed E-state index contributed by atoms with van der Waals surface area (Å²) < 4.78 is 1.93. The predicted molar refractivity (Wildman–Crippen MR) is 59.6 cm³/mol. The highest BCUT2D eigenvalue weighted by molar-refractivity contribution is 5.85. The SMILES string of the molecule is CCCn1cc(C(C)N)cn1.Cl.Cl. The fourth-order valence-electron chi connectivity index (χ4n) is 0.966. The molecule has 0 amide bonds. The minimum absolute atomic E-state index is 0. The van der Waals surface area contributed by atoms with Crippen molar-refractivity contribution >= 4 is 24.8 Å². The highest BCUT2D eigenvalue weighted by atomic mass is 35.5. The zero-order valence-electron chi connectivity index (χ0n) is 7.93. The van der Waals surface area contributed by atoms with E-state index in [0.29, 0.717) is 0 Å². The Hall–Kier alpha value is -0.250. The van der Waals surface area contributed by atoms with Crippen LogP contribution in [-0.4, -0.2) is 9.78 Å². The molecule has 13 heavy (non-hydrogen) atoms. The van der Waals surface area contributed by atoms with E-state index in [1.807, 2.05) is 24.0 Å². The van der Waals surface area contributed by atoms with Gasteiger partial charge in [0.25, 0.3) is 0 Å². The molecule has 5 heteroatoms. The zero-order valence-corrected chi connectivity index (χ0v) is 9.57.